The highest BCUT2D eigenvalue weighted by atomic mass is 16.4. The second-order valence-electron chi connectivity index (χ2n) is 8.55. The molecule has 0 spiro atoms. The highest BCUT2D eigenvalue weighted by molar-refractivity contribution is 5.96. The van der Waals surface area contributed by atoms with Crippen molar-refractivity contribution in [2.24, 2.45) is 0 Å². The second-order valence-corrected chi connectivity index (χ2v) is 8.55. The largest absolute Gasteiger partial charge is 0.422 e. The summed E-state index contributed by atoms with van der Waals surface area (Å²) in [7, 11) is 0. The molecule has 3 aromatic rings. The maximum absolute atomic E-state index is 13.0. The molecule has 166 valence electrons. The Morgan fingerprint density at radius 3 is 2.47 bits per heavy atom. The third-order valence-electron chi connectivity index (χ3n) is 6.50. The van der Waals surface area contributed by atoms with Crippen LogP contribution in [0.2, 0.25) is 0 Å². The van der Waals surface area contributed by atoms with Crippen molar-refractivity contribution in [3.63, 3.8) is 0 Å². The topological polar surface area (TPSA) is 82.8 Å². The Morgan fingerprint density at radius 2 is 1.72 bits per heavy atom. The molecule has 1 unspecified atom stereocenters. The molecule has 0 N–H and O–H groups in total. The number of hydrogen-bond donors (Lipinski definition) is 0. The number of anilines is 2. The molecule has 1 aromatic carbocycles. The highest BCUT2D eigenvalue weighted by Gasteiger charge is 2.26. The van der Waals surface area contributed by atoms with Crippen molar-refractivity contribution in [2.45, 2.75) is 32.2 Å². The van der Waals surface area contributed by atoms with Crippen LogP contribution in [0, 0.1) is 0 Å². The molecule has 0 saturated carbocycles. The maximum atomic E-state index is 13.0. The van der Waals surface area contributed by atoms with Crippen LogP contribution in [-0.2, 0) is 0 Å². The van der Waals surface area contributed by atoms with Crippen LogP contribution in [0.5, 0.6) is 0 Å². The summed E-state index contributed by atoms with van der Waals surface area (Å²) in [5, 5.41) is 9.67. The fraction of sp³-hybridized carbons (Fsp3) is 0.417. The average Bonchev–Trinajstić information content (AvgIpc) is 2.84. The molecule has 2 aliphatic heterocycles. The fourth-order valence-electron chi connectivity index (χ4n) is 4.60. The maximum Gasteiger partial charge on any atom is 0.349 e. The molecular formula is C24H27N5O3. The quantitative estimate of drug-likeness (QED) is 0.587. The molecule has 0 bridgehead atoms. The predicted octanol–water partition coefficient (Wildman–Crippen LogP) is 2.92. The van der Waals surface area contributed by atoms with E-state index in [4.69, 9.17) is 4.42 Å². The minimum Gasteiger partial charge on any atom is -0.422 e. The van der Waals surface area contributed by atoms with Gasteiger partial charge in [-0.1, -0.05) is 18.2 Å². The van der Waals surface area contributed by atoms with E-state index in [1.807, 2.05) is 24.3 Å². The summed E-state index contributed by atoms with van der Waals surface area (Å²) in [5.74, 6) is 1.46. The molecule has 5 rings (SSSR count). The lowest BCUT2D eigenvalue weighted by Crippen LogP contribution is -2.49. The predicted molar refractivity (Wildman–Crippen MR) is 123 cm³/mol. The summed E-state index contributed by atoms with van der Waals surface area (Å²) in [5.41, 5.74) is -0.0266. The van der Waals surface area contributed by atoms with Gasteiger partial charge in [-0.3, -0.25) is 4.79 Å². The number of nitrogens with zero attached hydrogens (tertiary/aromatic N) is 5. The van der Waals surface area contributed by atoms with E-state index in [1.54, 1.807) is 23.1 Å². The first kappa shape index (κ1) is 20.5. The van der Waals surface area contributed by atoms with Crippen LogP contribution in [0.15, 0.2) is 51.7 Å². The van der Waals surface area contributed by atoms with E-state index < -0.39 is 5.63 Å². The third kappa shape index (κ3) is 3.92. The Bertz CT molecular complexity index is 1170. The number of para-hydroxylation sites is 1. The van der Waals surface area contributed by atoms with Gasteiger partial charge in [0.1, 0.15) is 11.1 Å². The SMILES string of the molecule is CC1CCCCN1c1ccc(N2CCN(C(=O)c3cc4ccccc4oc3=O)CC2)nn1. The van der Waals surface area contributed by atoms with Crippen molar-refractivity contribution in [1.29, 1.82) is 0 Å². The van der Waals surface area contributed by atoms with Crippen LogP contribution in [0.3, 0.4) is 0 Å². The van der Waals surface area contributed by atoms with Crippen LogP contribution in [0.1, 0.15) is 36.5 Å². The van der Waals surface area contributed by atoms with Crippen LogP contribution in [-0.4, -0.2) is 59.8 Å². The molecule has 2 aromatic heterocycles. The van der Waals surface area contributed by atoms with Crippen molar-refractivity contribution in [3.8, 4) is 0 Å². The number of aromatic nitrogens is 2. The first-order chi connectivity index (χ1) is 15.6. The first-order valence-electron chi connectivity index (χ1n) is 11.3. The molecule has 0 radical (unpaired) electrons. The van der Waals surface area contributed by atoms with E-state index in [2.05, 4.69) is 26.9 Å². The monoisotopic (exact) mass is 433 g/mol. The van der Waals surface area contributed by atoms with Crippen LogP contribution >= 0.6 is 0 Å². The van der Waals surface area contributed by atoms with E-state index in [1.165, 1.54) is 19.3 Å². The third-order valence-corrected chi connectivity index (χ3v) is 6.50. The van der Waals surface area contributed by atoms with Gasteiger partial charge in [-0.2, -0.15) is 0 Å². The lowest BCUT2D eigenvalue weighted by molar-refractivity contribution is 0.0742. The number of carbonyl (C=O) groups is 1. The number of hydrogen-bond acceptors (Lipinski definition) is 7. The van der Waals surface area contributed by atoms with Crippen molar-refractivity contribution >= 4 is 28.5 Å². The first-order valence-corrected chi connectivity index (χ1v) is 11.3. The zero-order chi connectivity index (χ0) is 22.1. The van der Waals surface area contributed by atoms with Crippen molar-refractivity contribution in [2.75, 3.05) is 42.5 Å². The Hall–Kier alpha value is -3.42. The van der Waals surface area contributed by atoms with E-state index in [0.717, 1.165) is 23.6 Å². The molecule has 1 atom stereocenters. The summed E-state index contributed by atoms with van der Waals surface area (Å²) in [6.45, 7) is 5.56. The molecule has 32 heavy (non-hydrogen) atoms. The summed E-state index contributed by atoms with van der Waals surface area (Å²) in [6.07, 6.45) is 3.65. The molecule has 0 aliphatic carbocycles. The van der Waals surface area contributed by atoms with E-state index in [-0.39, 0.29) is 11.5 Å². The summed E-state index contributed by atoms with van der Waals surface area (Å²) >= 11 is 0. The molecule has 2 aliphatic rings. The van der Waals surface area contributed by atoms with Crippen LogP contribution in [0.25, 0.3) is 11.0 Å². The standard InChI is InChI=1S/C24H27N5O3/c1-17-6-4-5-11-29(17)22-10-9-21(25-26-22)27-12-14-28(15-13-27)23(30)19-16-18-7-2-3-8-20(18)32-24(19)31/h2-3,7-10,16-17H,4-6,11-15H2,1H3. The minimum absolute atomic E-state index is 0.0805. The van der Waals surface area contributed by atoms with Gasteiger partial charge in [0.15, 0.2) is 11.6 Å². The van der Waals surface area contributed by atoms with Gasteiger partial charge in [0.25, 0.3) is 5.91 Å². The Labute approximate surface area is 186 Å². The van der Waals surface area contributed by atoms with Crippen molar-refractivity contribution in [1.82, 2.24) is 15.1 Å². The van der Waals surface area contributed by atoms with E-state index in [9.17, 15) is 9.59 Å². The smallest absolute Gasteiger partial charge is 0.349 e. The average molecular weight is 434 g/mol. The van der Waals surface area contributed by atoms with Crippen molar-refractivity contribution in [3.05, 3.63) is 58.4 Å². The van der Waals surface area contributed by atoms with Gasteiger partial charge in [-0.25, -0.2) is 4.79 Å². The summed E-state index contributed by atoms with van der Waals surface area (Å²) in [4.78, 5) is 31.5. The Kier molecular flexibility index (Phi) is 5.51. The van der Waals surface area contributed by atoms with E-state index >= 15 is 0 Å². The van der Waals surface area contributed by atoms with E-state index in [0.29, 0.717) is 37.8 Å². The van der Waals surface area contributed by atoms with Gasteiger partial charge in [0, 0.05) is 44.2 Å². The highest BCUT2D eigenvalue weighted by Crippen LogP contribution is 2.24. The number of piperazine rings is 1. The van der Waals surface area contributed by atoms with Gasteiger partial charge in [0.05, 0.1) is 0 Å². The Morgan fingerprint density at radius 1 is 0.969 bits per heavy atom. The van der Waals surface area contributed by atoms with Gasteiger partial charge < -0.3 is 19.1 Å². The lowest BCUT2D eigenvalue weighted by atomic mass is 10.0. The number of carbonyl (C=O) groups excluding carboxylic acids is 1. The molecule has 2 saturated heterocycles. The Balaban J connectivity index is 1.25. The zero-order valence-corrected chi connectivity index (χ0v) is 18.2. The minimum atomic E-state index is -0.593. The molecule has 8 heteroatoms. The number of benzene rings is 1. The number of fused-ring (bicyclic) bond motifs is 1. The van der Waals surface area contributed by atoms with Crippen LogP contribution in [0.4, 0.5) is 11.6 Å². The lowest BCUT2D eigenvalue weighted by Gasteiger charge is -2.36. The van der Waals surface area contributed by atoms with Gasteiger partial charge in [-0.15, -0.1) is 10.2 Å². The molecule has 4 heterocycles. The summed E-state index contributed by atoms with van der Waals surface area (Å²) in [6, 6.07) is 13.4. The second kappa shape index (κ2) is 8.61. The van der Waals surface area contributed by atoms with Crippen LogP contribution < -0.4 is 15.4 Å². The fourth-order valence-corrected chi connectivity index (χ4v) is 4.60. The van der Waals surface area contributed by atoms with Gasteiger partial charge in [0.2, 0.25) is 0 Å². The molecule has 2 fully saturated rings. The van der Waals surface area contributed by atoms with Gasteiger partial charge >= 0.3 is 5.63 Å². The number of rotatable bonds is 3. The summed E-state index contributed by atoms with van der Waals surface area (Å²) < 4.78 is 5.33. The number of amides is 1. The van der Waals surface area contributed by atoms with Crippen molar-refractivity contribution < 1.29 is 9.21 Å². The molecule has 8 nitrogen and oxygen atoms in total. The zero-order valence-electron chi connectivity index (χ0n) is 18.2. The van der Waals surface area contributed by atoms with Gasteiger partial charge in [-0.05, 0) is 50.5 Å². The molecular weight excluding hydrogens is 406 g/mol. The normalized spacial score (nSPS) is 19.4. The molecule has 1 amide bonds. The number of piperidine rings is 1.